The van der Waals surface area contributed by atoms with E-state index in [1.54, 1.807) is 43.6 Å². The third-order valence-corrected chi connectivity index (χ3v) is 2.96. The van der Waals surface area contributed by atoms with Gasteiger partial charge < -0.3 is 15.4 Å². The Balaban J connectivity index is 0.00000288. The molecule has 5 nitrogen and oxygen atoms in total. The minimum atomic E-state index is -0.429. The Bertz CT molecular complexity index is 680. The summed E-state index contributed by atoms with van der Waals surface area (Å²) in [4.78, 5) is 7.98. The van der Waals surface area contributed by atoms with Crippen LogP contribution >= 0.6 is 24.0 Å². The molecule has 128 valence electrons. The van der Waals surface area contributed by atoms with Crippen LogP contribution in [-0.2, 0) is 6.54 Å². The maximum atomic E-state index is 14.1. The van der Waals surface area contributed by atoms with E-state index in [2.05, 4.69) is 27.2 Å². The number of hydrogen-bond donors (Lipinski definition) is 2. The van der Waals surface area contributed by atoms with E-state index in [4.69, 9.17) is 4.74 Å². The summed E-state index contributed by atoms with van der Waals surface area (Å²) in [6, 6.07) is 8.27. The maximum Gasteiger partial charge on any atom is 0.191 e. The molecule has 0 unspecified atom stereocenters. The molecular weight excluding hydrogens is 422 g/mol. The number of hydrogen-bond acceptors (Lipinski definition) is 3. The predicted molar refractivity (Wildman–Crippen MR) is 105 cm³/mol. The van der Waals surface area contributed by atoms with Crippen molar-refractivity contribution in [1.29, 1.82) is 0 Å². The van der Waals surface area contributed by atoms with Crippen LogP contribution in [0.1, 0.15) is 5.56 Å². The van der Waals surface area contributed by atoms with Gasteiger partial charge in [-0.25, -0.2) is 4.39 Å². The number of nitrogens with zero attached hydrogens (tertiary/aromatic N) is 2. The van der Waals surface area contributed by atoms with Gasteiger partial charge in [0.25, 0.3) is 0 Å². The van der Waals surface area contributed by atoms with Crippen LogP contribution in [0.25, 0.3) is 0 Å². The van der Waals surface area contributed by atoms with E-state index < -0.39 is 5.82 Å². The first-order valence-electron chi connectivity index (χ1n) is 7.14. The molecule has 1 aromatic carbocycles. The van der Waals surface area contributed by atoms with Crippen molar-refractivity contribution in [3.63, 3.8) is 0 Å². The van der Waals surface area contributed by atoms with E-state index in [0.717, 1.165) is 5.56 Å². The molecule has 0 saturated heterocycles. The molecule has 1 heterocycles. The largest absolute Gasteiger partial charge is 0.453 e. The minimum Gasteiger partial charge on any atom is -0.453 e. The maximum absolute atomic E-state index is 14.1. The lowest BCUT2D eigenvalue weighted by Crippen LogP contribution is -2.36. The third-order valence-electron chi connectivity index (χ3n) is 2.96. The predicted octanol–water partition coefficient (Wildman–Crippen LogP) is 3.48. The SMILES string of the molecule is C=CCNC(=NC)NCc1ccc(Oc2cccnc2)c(F)c1.I. The Morgan fingerprint density at radius 2 is 2.21 bits per heavy atom. The molecule has 0 saturated carbocycles. The average molecular weight is 442 g/mol. The zero-order valence-corrected chi connectivity index (χ0v) is 15.7. The molecule has 7 heteroatoms. The van der Waals surface area contributed by atoms with Crippen LogP contribution in [0.4, 0.5) is 4.39 Å². The van der Waals surface area contributed by atoms with Gasteiger partial charge in [0.05, 0.1) is 6.20 Å². The molecular formula is C17H20FIN4O. The number of nitrogens with one attached hydrogen (secondary N) is 2. The fraction of sp³-hybridized carbons (Fsp3) is 0.176. The second-order valence-corrected chi connectivity index (χ2v) is 4.65. The molecule has 24 heavy (non-hydrogen) atoms. The van der Waals surface area contributed by atoms with Crippen LogP contribution in [0.15, 0.2) is 60.4 Å². The van der Waals surface area contributed by atoms with Gasteiger partial charge in [-0.05, 0) is 29.8 Å². The molecule has 0 fully saturated rings. The first-order valence-corrected chi connectivity index (χ1v) is 7.14. The van der Waals surface area contributed by atoms with Gasteiger partial charge in [0.2, 0.25) is 0 Å². The molecule has 0 radical (unpaired) electrons. The molecule has 2 rings (SSSR count). The lowest BCUT2D eigenvalue weighted by Gasteiger charge is -2.11. The monoisotopic (exact) mass is 442 g/mol. The van der Waals surface area contributed by atoms with Gasteiger partial charge in [-0.1, -0.05) is 12.1 Å². The first-order chi connectivity index (χ1) is 11.2. The Hall–Kier alpha value is -2.16. The van der Waals surface area contributed by atoms with Crippen LogP contribution in [0.3, 0.4) is 0 Å². The average Bonchev–Trinajstić information content (AvgIpc) is 2.58. The normalized spacial score (nSPS) is 10.5. The fourth-order valence-corrected chi connectivity index (χ4v) is 1.85. The van der Waals surface area contributed by atoms with Gasteiger partial charge in [-0.3, -0.25) is 9.98 Å². The Morgan fingerprint density at radius 3 is 2.83 bits per heavy atom. The molecule has 0 aliphatic carbocycles. The van der Waals surface area contributed by atoms with E-state index in [-0.39, 0.29) is 29.7 Å². The van der Waals surface area contributed by atoms with E-state index in [9.17, 15) is 4.39 Å². The summed E-state index contributed by atoms with van der Waals surface area (Å²) < 4.78 is 19.6. The van der Waals surface area contributed by atoms with Crippen LogP contribution in [0.2, 0.25) is 0 Å². The van der Waals surface area contributed by atoms with E-state index in [1.165, 1.54) is 12.3 Å². The Labute approximate surface area is 158 Å². The van der Waals surface area contributed by atoms with Gasteiger partial charge in [0, 0.05) is 26.3 Å². The summed E-state index contributed by atoms with van der Waals surface area (Å²) in [5.41, 5.74) is 0.780. The highest BCUT2D eigenvalue weighted by atomic mass is 127. The summed E-state index contributed by atoms with van der Waals surface area (Å²) in [5, 5.41) is 6.13. The number of aromatic nitrogens is 1. The van der Waals surface area contributed by atoms with Gasteiger partial charge in [-0.2, -0.15) is 0 Å². The summed E-state index contributed by atoms with van der Waals surface area (Å²) in [5.74, 6) is 0.852. The number of pyridine rings is 1. The quantitative estimate of drug-likeness (QED) is 0.311. The zero-order valence-electron chi connectivity index (χ0n) is 13.3. The van der Waals surface area contributed by atoms with Gasteiger partial charge in [-0.15, -0.1) is 30.6 Å². The van der Waals surface area contributed by atoms with Crippen LogP contribution in [0, 0.1) is 5.82 Å². The zero-order chi connectivity index (χ0) is 16.5. The summed E-state index contributed by atoms with van der Waals surface area (Å²) in [6.07, 6.45) is 4.90. The number of aliphatic imine (C=N–C) groups is 1. The van der Waals surface area contributed by atoms with Crippen molar-refractivity contribution in [2.75, 3.05) is 13.6 Å². The second-order valence-electron chi connectivity index (χ2n) is 4.65. The number of rotatable bonds is 6. The standard InChI is InChI=1S/C17H19FN4O.HI/c1-3-8-21-17(19-2)22-11-13-6-7-16(15(18)10-13)23-14-5-4-9-20-12-14;/h3-7,9-10,12H,1,8,11H2,2H3,(H2,19,21,22);1H. The van der Waals surface area contributed by atoms with Crippen molar-refractivity contribution in [3.05, 3.63) is 66.8 Å². The third kappa shape index (κ3) is 6.15. The number of guanidine groups is 1. The number of benzene rings is 1. The molecule has 0 amide bonds. The van der Waals surface area contributed by atoms with Crippen molar-refractivity contribution in [1.82, 2.24) is 15.6 Å². The van der Waals surface area contributed by atoms with Crippen molar-refractivity contribution >= 4 is 29.9 Å². The molecule has 1 aromatic heterocycles. The summed E-state index contributed by atoms with van der Waals surface area (Å²) in [6.45, 7) is 4.68. The highest BCUT2D eigenvalue weighted by Gasteiger charge is 2.07. The van der Waals surface area contributed by atoms with E-state index >= 15 is 0 Å². The van der Waals surface area contributed by atoms with Crippen molar-refractivity contribution < 1.29 is 9.13 Å². The molecule has 0 spiro atoms. The van der Waals surface area contributed by atoms with Crippen molar-refractivity contribution in [3.8, 4) is 11.5 Å². The lowest BCUT2D eigenvalue weighted by atomic mass is 10.2. The molecule has 0 aliphatic heterocycles. The molecule has 0 atom stereocenters. The number of halogens is 2. The highest BCUT2D eigenvalue weighted by Crippen LogP contribution is 2.24. The molecule has 0 bridgehead atoms. The van der Waals surface area contributed by atoms with E-state index in [0.29, 0.717) is 24.8 Å². The number of ether oxygens (including phenoxy) is 1. The van der Waals surface area contributed by atoms with Gasteiger partial charge in [0.1, 0.15) is 5.75 Å². The highest BCUT2D eigenvalue weighted by molar-refractivity contribution is 14.0. The summed E-state index contributed by atoms with van der Waals surface area (Å²) >= 11 is 0. The molecule has 0 aliphatic rings. The minimum absolute atomic E-state index is 0. The van der Waals surface area contributed by atoms with Crippen molar-refractivity contribution in [2.24, 2.45) is 4.99 Å². The lowest BCUT2D eigenvalue weighted by molar-refractivity contribution is 0.440. The first kappa shape index (κ1) is 19.9. The van der Waals surface area contributed by atoms with Gasteiger partial charge in [0.15, 0.2) is 17.5 Å². The van der Waals surface area contributed by atoms with Crippen molar-refractivity contribution in [2.45, 2.75) is 6.54 Å². The smallest absolute Gasteiger partial charge is 0.191 e. The fourth-order valence-electron chi connectivity index (χ4n) is 1.85. The second kappa shape index (κ2) is 10.6. The van der Waals surface area contributed by atoms with Crippen LogP contribution < -0.4 is 15.4 Å². The Morgan fingerprint density at radius 1 is 1.38 bits per heavy atom. The van der Waals surface area contributed by atoms with Crippen LogP contribution in [-0.4, -0.2) is 24.5 Å². The summed E-state index contributed by atoms with van der Waals surface area (Å²) in [7, 11) is 1.67. The molecule has 2 N–H and O–H groups in total. The Kier molecular flexibility index (Phi) is 8.77. The topological polar surface area (TPSA) is 58.5 Å². The van der Waals surface area contributed by atoms with Crippen LogP contribution in [0.5, 0.6) is 11.5 Å². The van der Waals surface area contributed by atoms with Gasteiger partial charge >= 0.3 is 0 Å². The van der Waals surface area contributed by atoms with E-state index in [1.807, 2.05) is 0 Å². The molecule has 2 aromatic rings.